The van der Waals surface area contributed by atoms with Gasteiger partial charge in [0.15, 0.2) is 18.1 Å². The molecule has 0 saturated carbocycles. The third-order valence-electron chi connectivity index (χ3n) is 4.88. The van der Waals surface area contributed by atoms with Crippen molar-refractivity contribution in [3.05, 3.63) is 54.1 Å². The van der Waals surface area contributed by atoms with Crippen LogP contribution in [0.1, 0.15) is 19.4 Å². The van der Waals surface area contributed by atoms with E-state index in [-0.39, 0.29) is 18.6 Å². The van der Waals surface area contributed by atoms with Gasteiger partial charge in [0, 0.05) is 31.4 Å². The third kappa shape index (κ3) is 5.47. The first-order valence-corrected chi connectivity index (χ1v) is 9.76. The van der Waals surface area contributed by atoms with Crippen LogP contribution in [-0.2, 0) is 11.3 Å². The van der Waals surface area contributed by atoms with Crippen molar-refractivity contribution in [3.63, 3.8) is 0 Å². The summed E-state index contributed by atoms with van der Waals surface area (Å²) in [4.78, 5) is 14.5. The van der Waals surface area contributed by atoms with E-state index in [1.54, 1.807) is 0 Å². The Morgan fingerprint density at radius 2 is 1.93 bits per heavy atom. The first-order chi connectivity index (χ1) is 13.5. The lowest BCUT2D eigenvalue weighted by Crippen LogP contribution is -2.28. The molecule has 6 heteroatoms. The zero-order valence-electron chi connectivity index (χ0n) is 16.6. The van der Waals surface area contributed by atoms with E-state index in [0.717, 1.165) is 30.9 Å². The van der Waals surface area contributed by atoms with Gasteiger partial charge in [-0.2, -0.15) is 0 Å². The molecule has 1 heterocycles. The van der Waals surface area contributed by atoms with Gasteiger partial charge in [0.2, 0.25) is 0 Å². The normalized spacial score (nSPS) is 19.4. The predicted octanol–water partition coefficient (Wildman–Crippen LogP) is 2.88. The highest BCUT2D eigenvalue weighted by molar-refractivity contribution is 5.91. The number of likely N-dealkylation sites (tertiary alicyclic amines) is 1. The first kappa shape index (κ1) is 20.2. The number of ether oxygens (including phenoxy) is 2. The number of amides is 1. The molecule has 2 aromatic rings. The molecule has 2 aromatic carbocycles. The second-order valence-corrected chi connectivity index (χ2v) is 7.25. The Labute approximate surface area is 166 Å². The van der Waals surface area contributed by atoms with Crippen LogP contribution >= 0.6 is 0 Å². The van der Waals surface area contributed by atoms with Crippen LogP contribution in [-0.4, -0.2) is 43.2 Å². The molecule has 28 heavy (non-hydrogen) atoms. The summed E-state index contributed by atoms with van der Waals surface area (Å²) in [5, 5.41) is 2.81. The van der Waals surface area contributed by atoms with Gasteiger partial charge < -0.3 is 20.5 Å². The largest absolute Gasteiger partial charge is 0.490 e. The number of para-hydroxylation sites is 1. The number of benzene rings is 2. The van der Waals surface area contributed by atoms with Crippen molar-refractivity contribution in [2.75, 3.05) is 31.6 Å². The van der Waals surface area contributed by atoms with Gasteiger partial charge in [-0.1, -0.05) is 31.2 Å². The number of nitrogens with zero attached hydrogens (tertiary/aromatic N) is 1. The lowest BCUT2D eigenvalue weighted by Gasteiger charge is -2.17. The summed E-state index contributed by atoms with van der Waals surface area (Å²) >= 11 is 0. The summed E-state index contributed by atoms with van der Waals surface area (Å²) in [5.41, 5.74) is 8.01. The Kier molecular flexibility index (Phi) is 6.90. The molecule has 150 valence electrons. The van der Waals surface area contributed by atoms with Crippen LogP contribution in [0, 0.1) is 5.92 Å². The molecule has 1 aliphatic heterocycles. The van der Waals surface area contributed by atoms with Gasteiger partial charge in [0.1, 0.15) is 0 Å². The molecular formula is C22H29N3O3. The van der Waals surface area contributed by atoms with E-state index in [1.165, 1.54) is 0 Å². The molecule has 0 bridgehead atoms. The smallest absolute Gasteiger partial charge is 0.262 e. The number of hydrogen-bond acceptors (Lipinski definition) is 5. The van der Waals surface area contributed by atoms with Gasteiger partial charge in [0.25, 0.3) is 5.91 Å². The fraction of sp³-hybridized carbons (Fsp3) is 0.409. The van der Waals surface area contributed by atoms with Crippen molar-refractivity contribution in [2.45, 2.75) is 26.4 Å². The minimum Gasteiger partial charge on any atom is -0.490 e. The topological polar surface area (TPSA) is 76.8 Å². The van der Waals surface area contributed by atoms with Crippen LogP contribution in [0.25, 0.3) is 0 Å². The molecule has 0 radical (unpaired) electrons. The fourth-order valence-electron chi connectivity index (χ4n) is 3.38. The van der Waals surface area contributed by atoms with Gasteiger partial charge in [-0.25, -0.2) is 0 Å². The molecule has 0 aliphatic carbocycles. The maximum atomic E-state index is 12.1. The van der Waals surface area contributed by atoms with E-state index < -0.39 is 0 Å². The maximum absolute atomic E-state index is 12.1. The molecule has 2 atom stereocenters. The Balaban J connectivity index is 1.60. The summed E-state index contributed by atoms with van der Waals surface area (Å²) in [6, 6.07) is 15.4. The minimum atomic E-state index is -0.210. The molecule has 3 rings (SSSR count). The van der Waals surface area contributed by atoms with Crippen LogP contribution in [0.15, 0.2) is 48.5 Å². The van der Waals surface area contributed by atoms with Gasteiger partial charge in [0.05, 0.1) is 6.61 Å². The summed E-state index contributed by atoms with van der Waals surface area (Å²) in [7, 11) is 0. The SMILES string of the molecule is CCOc1cc(CN2CC(C)C(N)C2)ccc1OCC(=O)Nc1ccccc1. The molecule has 1 saturated heterocycles. The van der Waals surface area contributed by atoms with Crippen molar-refractivity contribution in [3.8, 4) is 11.5 Å². The van der Waals surface area contributed by atoms with Crippen molar-refractivity contribution < 1.29 is 14.3 Å². The lowest BCUT2D eigenvalue weighted by molar-refractivity contribution is -0.118. The fourth-order valence-corrected chi connectivity index (χ4v) is 3.38. The third-order valence-corrected chi connectivity index (χ3v) is 4.88. The van der Waals surface area contributed by atoms with Crippen molar-refractivity contribution >= 4 is 11.6 Å². The summed E-state index contributed by atoms with van der Waals surface area (Å²) < 4.78 is 11.4. The Bertz CT molecular complexity index is 772. The summed E-state index contributed by atoms with van der Waals surface area (Å²) in [5.74, 6) is 1.53. The molecule has 6 nitrogen and oxygen atoms in total. The lowest BCUT2D eigenvalue weighted by atomic mass is 10.1. The van der Waals surface area contributed by atoms with E-state index in [4.69, 9.17) is 15.2 Å². The van der Waals surface area contributed by atoms with Crippen molar-refractivity contribution in [1.82, 2.24) is 4.90 Å². The molecule has 3 N–H and O–H groups in total. The Hall–Kier alpha value is -2.57. The number of carbonyl (C=O) groups excluding carboxylic acids is 1. The highest BCUT2D eigenvalue weighted by Gasteiger charge is 2.26. The average molecular weight is 383 g/mol. The maximum Gasteiger partial charge on any atom is 0.262 e. The molecule has 1 fully saturated rings. The zero-order valence-corrected chi connectivity index (χ0v) is 16.6. The molecule has 2 unspecified atom stereocenters. The molecule has 1 aliphatic rings. The Morgan fingerprint density at radius 1 is 1.14 bits per heavy atom. The number of anilines is 1. The van der Waals surface area contributed by atoms with Crippen LogP contribution < -0.4 is 20.5 Å². The zero-order chi connectivity index (χ0) is 19.9. The van der Waals surface area contributed by atoms with Crippen LogP contribution in [0.5, 0.6) is 11.5 Å². The summed E-state index contributed by atoms with van der Waals surface area (Å²) in [6.45, 7) is 7.31. The minimum absolute atomic E-state index is 0.0766. The van der Waals surface area contributed by atoms with E-state index in [9.17, 15) is 4.79 Å². The highest BCUT2D eigenvalue weighted by atomic mass is 16.5. The number of carbonyl (C=O) groups is 1. The van der Waals surface area contributed by atoms with Crippen molar-refractivity contribution in [2.24, 2.45) is 11.7 Å². The number of nitrogens with one attached hydrogen (secondary N) is 1. The number of hydrogen-bond donors (Lipinski definition) is 2. The molecule has 1 amide bonds. The second-order valence-electron chi connectivity index (χ2n) is 7.25. The quantitative estimate of drug-likeness (QED) is 0.733. The standard InChI is InChI=1S/C22H29N3O3/c1-3-27-21-11-17(13-25-12-16(2)19(23)14-25)9-10-20(21)28-15-22(26)24-18-7-5-4-6-8-18/h4-11,16,19H,3,12-15,23H2,1-2H3,(H,24,26). The monoisotopic (exact) mass is 383 g/mol. The van der Waals surface area contributed by atoms with E-state index in [1.807, 2.05) is 55.5 Å². The van der Waals surface area contributed by atoms with Gasteiger partial charge in [-0.05, 0) is 42.7 Å². The van der Waals surface area contributed by atoms with Gasteiger partial charge >= 0.3 is 0 Å². The summed E-state index contributed by atoms with van der Waals surface area (Å²) in [6.07, 6.45) is 0. The van der Waals surface area contributed by atoms with Crippen molar-refractivity contribution in [1.29, 1.82) is 0 Å². The Morgan fingerprint density at radius 3 is 2.61 bits per heavy atom. The van der Waals surface area contributed by atoms with E-state index >= 15 is 0 Å². The molecule has 0 spiro atoms. The van der Waals surface area contributed by atoms with Gasteiger partial charge in [-0.15, -0.1) is 0 Å². The van der Waals surface area contributed by atoms with Crippen LogP contribution in [0.2, 0.25) is 0 Å². The highest BCUT2D eigenvalue weighted by Crippen LogP contribution is 2.30. The average Bonchev–Trinajstić information content (AvgIpc) is 2.99. The molecular weight excluding hydrogens is 354 g/mol. The van der Waals surface area contributed by atoms with Crippen LogP contribution in [0.3, 0.4) is 0 Å². The number of rotatable bonds is 8. The second kappa shape index (κ2) is 9.57. The number of nitrogens with two attached hydrogens (primary N) is 1. The van der Waals surface area contributed by atoms with E-state index in [2.05, 4.69) is 17.1 Å². The van der Waals surface area contributed by atoms with Gasteiger partial charge in [-0.3, -0.25) is 9.69 Å². The van der Waals surface area contributed by atoms with Crippen LogP contribution in [0.4, 0.5) is 5.69 Å². The predicted molar refractivity (Wildman–Crippen MR) is 111 cm³/mol. The molecule has 0 aromatic heterocycles. The van der Waals surface area contributed by atoms with E-state index in [0.29, 0.717) is 24.0 Å². The first-order valence-electron chi connectivity index (χ1n) is 9.76.